The molecule has 3 aromatic rings. The van der Waals surface area contributed by atoms with Crippen molar-refractivity contribution in [2.24, 2.45) is 0 Å². The quantitative estimate of drug-likeness (QED) is 0.562. The lowest BCUT2D eigenvalue weighted by Gasteiger charge is -2.31. The third-order valence-corrected chi connectivity index (χ3v) is 6.59. The molecule has 5 rings (SSSR count). The van der Waals surface area contributed by atoms with Gasteiger partial charge in [0.15, 0.2) is 5.79 Å². The number of hydrogen-bond acceptors (Lipinski definition) is 5. The van der Waals surface area contributed by atoms with E-state index in [9.17, 15) is 18.0 Å². The van der Waals surface area contributed by atoms with E-state index in [1.807, 2.05) is 0 Å². The number of thiophene rings is 1. The first-order chi connectivity index (χ1) is 13.8. The zero-order valence-corrected chi connectivity index (χ0v) is 16.5. The predicted octanol–water partition coefficient (Wildman–Crippen LogP) is 4.35. The summed E-state index contributed by atoms with van der Waals surface area (Å²) in [5, 5.41) is 0.457. The zero-order valence-electron chi connectivity index (χ0n) is 14.9. The normalized spacial score (nSPS) is 18.5. The van der Waals surface area contributed by atoms with Gasteiger partial charge in [-0.3, -0.25) is 9.36 Å². The number of rotatable bonds is 1. The third kappa shape index (κ3) is 3.07. The van der Waals surface area contributed by atoms with Crippen molar-refractivity contribution in [3.8, 4) is 5.69 Å². The van der Waals surface area contributed by atoms with Crippen molar-refractivity contribution >= 4 is 33.2 Å². The van der Waals surface area contributed by atoms with Crippen molar-refractivity contribution in [1.29, 1.82) is 0 Å². The number of benzene rings is 1. The molecule has 1 spiro atoms. The minimum Gasteiger partial charge on any atom is -0.347 e. The maximum Gasteiger partial charge on any atom is 0.450 e. The fourth-order valence-corrected chi connectivity index (χ4v) is 5.48. The summed E-state index contributed by atoms with van der Waals surface area (Å²) in [6, 6.07) is 5.75. The van der Waals surface area contributed by atoms with Crippen LogP contribution in [-0.4, -0.2) is 28.6 Å². The van der Waals surface area contributed by atoms with E-state index in [2.05, 4.69) is 4.98 Å². The van der Waals surface area contributed by atoms with Crippen LogP contribution in [0.2, 0.25) is 5.02 Å². The Kier molecular flexibility index (Phi) is 4.29. The van der Waals surface area contributed by atoms with Crippen LogP contribution in [0, 0.1) is 0 Å². The molecule has 1 aliphatic carbocycles. The molecule has 1 fully saturated rings. The van der Waals surface area contributed by atoms with E-state index in [0.29, 0.717) is 37.0 Å². The number of fused-ring (bicyclic) bond motifs is 3. The molecule has 0 radical (unpaired) electrons. The molecule has 1 saturated heterocycles. The van der Waals surface area contributed by atoms with E-state index >= 15 is 0 Å². The highest BCUT2D eigenvalue weighted by atomic mass is 35.5. The molecule has 2 aromatic heterocycles. The summed E-state index contributed by atoms with van der Waals surface area (Å²) in [5.74, 6) is -2.01. The number of ether oxygens (including phenoxy) is 2. The van der Waals surface area contributed by atoms with Crippen LogP contribution >= 0.6 is 22.9 Å². The van der Waals surface area contributed by atoms with Crippen molar-refractivity contribution in [1.82, 2.24) is 9.55 Å². The van der Waals surface area contributed by atoms with Crippen LogP contribution in [-0.2, 0) is 28.5 Å². The lowest BCUT2D eigenvalue weighted by Crippen LogP contribution is -2.36. The lowest BCUT2D eigenvalue weighted by atomic mass is 9.92. The standard InChI is InChI=1S/C19H14ClF3N2O3S/c20-10-2-1-3-11(8-10)25-16(26)14-12-4-5-18(27-6-7-28-18)9-13(12)29-15(14)24-17(25)19(21,22)23/h1-3,8H,4-7,9H2. The molecule has 0 unspecified atom stereocenters. The minimum absolute atomic E-state index is 0.0268. The van der Waals surface area contributed by atoms with Crippen LogP contribution in [0.15, 0.2) is 29.1 Å². The number of aryl methyl sites for hydroxylation is 1. The fourth-order valence-electron chi connectivity index (χ4n) is 4.00. The second kappa shape index (κ2) is 6.53. The van der Waals surface area contributed by atoms with Gasteiger partial charge >= 0.3 is 6.18 Å². The smallest absolute Gasteiger partial charge is 0.347 e. The van der Waals surface area contributed by atoms with Gasteiger partial charge in [0.05, 0.1) is 24.3 Å². The Morgan fingerprint density at radius 3 is 2.69 bits per heavy atom. The van der Waals surface area contributed by atoms with Crippen LogP contribution in [0.3, 0.4) is 0 Å². The summed E-state index contributed by atoms with van der Waals surface area (Å²) in [6.07, 6.45) is -3.38. The molecule has 10 heteroatoms. The average molecular weight is 443 g/mol. The summed E-state index contributed by atoms with van der Waals surface area (Å²) in [4.78, 5) is 18.0. The number of aromatic nitrogens is 2. The number of alkyl halides is 3. The van der Waals surface area contributed by atoms with Crippen molar-refractivity contribution in [2.45, 2.75) is 31.2 Å². The van der Waals surface area contributed by atoms with Gasteiger partial charge in [-0.2, -0.15) is 13.2 Å². The first kappa shape index (κ1) is 19.0. The second-order valence-electron chi connectivity index (χ2n) is 7.02. The molecule has 0 atom stereocenters. The van der Waals surface area contributed by atoms with Crippen molar-refractivity contribution in [3.05, 3.63) is 55.9 Å². The molecule has 152 valence electrons. The SMILES string of the molecule is O=c1c2c3c(sc2nc(C(F)(F)F)n1-c1cccc(Cl)c1)CC1(CC3)OCCO1. The maximum atomic E-state index is 13.8. The average Bonchev–Trinajstić information content (AvgIpc) is 3.25. The van der Waals surface area contributed by atoms with Crippen molar-refractivity contribution < 1.29 is 22.6 Å². The molecule has 0 amide bonds. The van der Waals surface area contributed by atoms with E-state index in [1.54, 1.807) is 0 Å². The molecule has 29 heavy (non-hydrogen) atoms. The Labute approximate surface area is 171 Å². The molecule has 2 aliphatic rings. The Morgan fingerprint density at radius 2 is 2.00 bits per heavy atom. The minimum atomic E-state index is -4.81. The van der Waals surface area contributed by atoms with Crippen LogP contribution in [0.1, 0.15) is 22.7 Å². The summed E-state index contributed by atoms with van der Waals surface area (Å²) in [7, 11) is 0. The van der Waals surface area contributed by atoms with Gasteiger partial charge in [0.25, 0.3) is 5.56 Å². The van der Waals surface area contributed by atoms with Gasteiger partial charge in [0.1, 0.15) is 4.83 Å². The third-order valence-electron chi connectivity index (χ3n) is 5.23. The summed E-state index contributed by atoms with van der Waals surface area (Å²) < 4.78 is 53.4. The van der Waals surface area contributed by atoms with Crippen molar-refractivity contribution in [2.75, 3.05) is 13.2 Å². The molecule has 0 N–H and O–H groups in total. The van der Waals surface area contributed by atoms with Gasteiger partial charge in [-0.05, 0) is 30.2 Å². The Bertz CT molecular complexity index is 1180. The van der Waals surface area contributed by atoms with E-state index in [4.69, 9.17) is 21.1 Å². The summed E-state index contributed by atoms with van der Waals surface area (Å²) in [5.41, 5.74) is 0.0157. The fraction of sp³-hybridized carbons (Fsp3) is 0.368. The Hall–Kier alpha value is -1.94. The van der Waals surface area contributed by atoms with Gasteiger partial charge < -0.3 is 9.47 Å². The highest BCUT2D eigenvalue weighted by Crippen LogP contribution is 2.42. The molecular weight excluding hydrogens is 429 g/mol. The summed E-state index contributed by atoms with van der Waals surface area (Å²) in [6.45, 7) is 0.969. The summed E-state index contributed by atoms with van der Waals surface area (Å²) >= 11 is 7.05. The topological polar surface area (TPSA) is 53.4 Å². The molecule has 0 bridgehead atoms. The Morgan fingerprint density at radius 1 is 1.24 bits per heavy atom. The number of nitrogens with zero attached hydrogens (tertiary/aromatic N) is 2. The van der Waals surface area contributed by atoms with E-state index in [1.165, 1.54) is 24.3 Å². The van der Waals surface area contributed by atoms with Crippen LogP contribution in [0.5, 0.6) is 0 Å². The maximum absolute atomic E-state index is 13.8. The van der Waals surface area contributed by atoms with E-state index in [0.717, 1.165) is 21.8 Å². The molecular formula is C19H14ClF3N2O3S. The first-order valence-corrected chi connectivity index (χ1v) is 10.2. The highest BCUT2D eigenvalue weighted by Gasteiger charge is 2.43. The molecule has 5 nitrogen and oxygen atoms in total. The molecule has 1 aliphatic heterocycles. The van der Waals surface area contributed by atoms with Gasteiger partial charge in [-0.15, -0.1) is 11.3 Å². The number of halogens is 4. The van der Waals surface area contributed by atoms with Crippen LogP contribution in [0.25, 0.3) is 15.9 Å². The largest absolute Gasteiger partial charge is 0.450 e. The van der Waals surface area contributed by atoms with Crippen molar-refractivity contribution in [3.63, 3.8) is 0 Å². The van der Waals surface area contributed by atoms with Gasteiger partial charge in [-0.25, -0.2) is 4.98 Å². The monoisotopic (exact) mass is 442 g/mol. The highest BCUT2D eigenvalue weighted by molar-refractivity contribution is 7.18. The number of hydrogen-bond donors (Lipinski definition) is 0. The second-order valence-corrected chi connectivity index (χ2v) is 8.54. The molecule has 1 aromatic carbocycles. The van der Waals surface area contributed by atoms with Gasteiger partial charge in [0, 0.05) is 22.7 Å². The lowest BCUT2D eigenvalue weighted by molar-refractivity contribution is -0.163. The van der Waals surface area contributed by atoms with E-state index in [-0.39, 0.29) is 20.9 Å². The van der Waals surface area contributed by atoms with Gasteiger partial charge in [-0.1, -0.05) is 17.7 Å². The van der Waals surface area contributed by atoms with Crippen LogP contribution in [0.4, 0.5) is 13.2 Å². The van der Waals surface area contributed by atoms with E-state index < -0.39 is 23.3 Å². The Balaban J connectivity index is 1.77. The van der Waals surface area contributed by atoms with Gasteiger partial charge in [0.2, 0.25) is 5.82 Å². The first-order valence-electron chi connectivity index (χ1n) is 8.96. The van der Waals surface area contributed by atoms with Crippen LogP contribution < -0.4 is 5.56 Å². The predicted molar refractivity (Wildman–Crippen MR) is 102 cm³/mol. The molecule has 3 heterocycles. The molecule has 0 saturated carbocycles. The zero-order chi connectivity index (χ0) is 20.4.